The van der Waals surface area contributed by atoms with Crippen LogP contribution in [0.3, 0.4) is 0 Å². The van der Waals surface area contributed by atoms with Crippen LogP contribution in [-0.4, -0.2) is 20.8 Å². The van der Waals surface area contributed by atoms with Gasteiger partial charge < -0.3 is 0 Å². The van der Waals surface area contributed by atoms with Gasteiger partial charge >= 0.3 is 0 Å². The van der Waals surface area contributed by atoms with E-state index in [4.69, 9.17) is 0 Å². The average Bonchev–Trinajstić information content (AvgIpc) is 2.47. The van der Waals surface area contributed by atoms with Gasteiger partial charge in [-0.1, -0.05) is 77.8 Å². The molecule has 0 radical (unpaired) electrons. The van der Waals surface area contributed by atoms with E-state index in [2.05, 4.69) is 43.5 Å². The van der Waals surface area contributed by atoms with Gasteiger partial charge in [0.2, 0.25) is 0 Å². The summed E-state index contributed by atoms with van der Waals surface area (Å²) in [4.78, 5) is 4.54. The first-order valence-electron chi connectivity index (χ1n) is 9.24. The van der Waals surface area contributed by atoms with Crippen LogP contribution in [0.15, 0.2) is 17.3 Å². The molecule has 0 fully saturated rings. The highest BCUT2D eigenvalue weighted by Gasteiger charge is 2.13. The molecule has 0 amide bonds. The summed E-state index contributed by atoms with van der Waals surface area (Å²) in [6, 6.07) is 1.29. The molecule has 0 aliphatic heterocycles. The lowest BCUT2D eigenvalue weighted by molar-refractivity contribution is 0.558. The Hall–Kier alpha value is -0.373. The average molecular weight is 310 g/mol. The Morgan fingerprint density at radius 3 is 1.90 bits per heavy atom. The number of hydrogen-bond acceptors (Lipinski definition) is 1. The summed E-state index contributed by atoms with van der Waals surface area (Å²) in [5.74, 6) is 0. The first kappa shape index (κ1) is 20.6. The molecular weight excluding hydrogens is 270 g/mol. The molecule has 0 unspecified atom stereocenters. The number of unbranched alkanes of at least 4 members (excludes halogenated alkanes) is 9. The number of hydrogen-bond donors (Lipinski definition) is 0. The Balaban J connectivity index is 3.20. The van der Waals surface area contributed by atoms with E-state index in [1.54, 1.807) is 0 Å². The molecule has 0 aliphatic carbocycles. The van der Waals surface area contributed by atoms with Gasteiger partial charge in [-0.15, -0.1) is 12.3 Å². The molecule has 0 N–H and O–H groups in total. The summed E-state index contributed by atoms with van der Waals surface area (Å²) in [5, 5.41) is 0. The Bertz CT molecular complexity index is 258. The molecule has 0 saturated heterocycles. The van der Waals surface area contributed by atoms with Gasteiger partial charge in [0.1, 0.15) is 0 Å². The van der Waals surface area contributed by atoms with Crippen molar-refractivity contribution in [1.82, 2.24) is 0 Å². The van der Waals surface area contributed by atoms with Crippen molar-refractivity contribution in [2.24, 2.45) is 4.99 Å². The Morgan fingerprint density at radius 1 is 0.857 bits per heavy atom. The molecule has 0 aromatic carbocycles. The third kappa shape index (κ3) is 15.8. The maximum absolute atomic E-state index is 4.54. The van der Waals surface area contributed by atoms with E-state index in [9.17, 15) is 0 Å². The highest BCUT2D eigenvalue weighted by atomic mass is 28.3. The van der Waals surface area contributed by atoms with Crippen molar-refractivity contribution < 1.29 is 0 Å². The van der Waals surface area contributed by atoms with Gasteiger partial charge in [-0.2, -0.15) is 0 Å². The fourth-order valence-corrected chi connectivity index (χ4v) is 3.49. The standard InChI is InChI=1S/C19H39NSi/c1-5-7-8-9-10-11-12-13-14-15-17-20-18-16-19-21(3,4)6-2/h6,18H,2,5,7-17,19H2,1,3-4H3. The maximum Gasteiger partial charge on any atom is 0.0713 e. The molecule has 124 valence electrons. The minimum atomic E-state index is -1.11. The maximum atomic E-state index is 4.54. The van der Waals surface area contributed by atoms with Gasteiger partial charge in [0.25, 0.3) is 0 Å². The van der Waals surface area contributed by atoms with Crippen molar-refractivity contribution in [3.63, 3.8) is 0 Å². The van der Waals surface area contributed by atoms with Crippen molar-refractivity contribution in [1.29, 1.82) is 0 Å². The van der Waals surface area contributed by atoms with Crippen LogP contribution in [0.5, 0.6) is 0 Å². The van der Waals surface area contributed by atoms with E-state index in [1.807, 2.05) is 0 Å². The quantitative estimate of drug-likeness (QED) is 0.179. The van der Waals surface area contributed by atoms with E-state index < -0.39 is 8.07 Å². The lowest BCUT2D eigenvalue weighted by Gasteiger charge is -2.14. The normalized spacial score (nSPS) is 12.1. The van der Waals surface area contributed by atoms with E-state index >= 15 is 0 Å². The van der Waals surface area contributed by atoms with Gasteiger partial charge in [0, 0.05) is 6.54 Å². The largest absolute Gasteiger partial charge is 0.298 e. The highest BCUT2D eigenvalue weighted by molar-refractivity contribution is 6.82. The van der Waals surface area contributed by atoms with E-state index in [1.165, 1.54) is 70.3 Å². The third-order valence-electron chi connectivity index (χ3n) is 4.24. The van der Waals surface area contributed by atoms with Crippen molar-refractivity contribution in [3.05, 3.63) is 12.3 Å². The predicted molar refractivity (Wildman–Crippen MR) is 102 cm³/mol. The van der Waals surface area contributed by atoms with Crippen LogP contribution in [0, 0.1) is 0 Å². The van der Waals surface area contributed by atoms with E-state index in [0.29, 0.717) is 0 Å². The van der Waals surface area contributed by atoms with Crippen LogP contribution >= 0.6 is 0 Å². The Morgan fingerprint density at radius 2 is 1.38 bits per heavy atom. The second-order valence-electron chi connectivity index (χ2n) is 7.00. The van der Waals surface area contributed by atoms with Crippen LogP contribution < -0.4 is 0 Å². The summed E-state index contributed by atoms with van der Waals surface area (Å²) in [6.07, 6.45) is 17.3. The second kappa shape index (κ2) is 14.6. The summed E-state index contributed by atoms with van der Waals surface area (Å²) < 4.78 is 0. The minimum absolute atomic E-state index is 1.03. The number of rotatable bonds is 15. The van der Waals surface area contributed by atoms with Crippen LogP contribution in [0.2, 0.25) is 19.1 Å². The zero-order valence-electron chi connectivity index (χ0n) is 15.0. The number of nitrogens with zero attached hydrogens (tertiary/aromatic N) is 1. The van der Waals surface area contributed by atoms with Gasteiger partial charge in [0.15, 0.2) is 0 Å². The summed E-state index contributed by atoms with van der Waals surface area (Å²) in [7, 11) is -1.11. The van der Waals surface area contributed by atoms with Crippen LogP contribution in [0.1, 0.15) is 77.6 Å². The van der Waals surface area contributed by atoms with Crippen molar-refractivity contribution in [2.75, 3.05) is 6.54 Å². The van der Waals surface area contributed by atoms with E-state index in [0.717, 1.165) is 13.0 Å². The Kier molecular flexibility index (Phi) is 14.3. The lowest BCUT2D eigenvalue weighted by Crippen LogP contribution is -2.21. The summed E-state index contributed by atoms with van der Waals surface area (Å²) in [6.45, 7) is 12.0. The molecule has 0 spiro atoms. The smallest absolute Gasteiger partial charge is 0.0713 e. The zero-order chi connectivity index (χ0) is 15.8. The van der Waals surface area contributed by atoms with Gasteiger partial charge in [-0.05, 0) is 25.1 Å². The SMILES string of the molecule is C=C[Si](C)(C)CCC=NCCCCCCCCCCCC. The van der Waals surface area contributed by atoms with Crippen LogP contribution in [0.4, 0.5) is 0 Å². The molecule has 2 heteroatoms. The molecule has 0 saturated carbocycles. The fraction of sp³-hybridized carbons (Fsp3) is 0.842. The molecule has 1 nitrogen and oxygen atoms in total. The zero-order valence-corrected chi connectivity index (χ0v) is 16.0. The van der Waals surface area contributed by atoms with Gasteiger partial charge in [-0.3, -0.25) is 4.99 Å². The number of aliphatic imine (C=N–C) groups is 1. The van der Waals surface area contributed by atoms with Crippen molar-refractivity contribution in [3.8, 4) is 0 Å². The fourth-order valence-electron chi connectivity index (χ4n) is 2.41. The Labute approximate surface area is 135 Å². The molecule has 0 heterocycles. The summed E-state index contributed by atoms with van der Waals surface area (Å²) in [5.41, 5.74) is 2.18. The molecule has 0 aliphatic rings. The van der Waals surface area contributed by atoms with Crippen molar-refractivity contribution >= 4 is 14.3 Å². The lowest BCUT2D eigenvalue weighted by atomic mass is 10.1. The molecule has 0 rings (SSSR count). The molecule has 0 bridgehead atoms. The van der Waals surface area contributed by atoms with Crippen LogP contribution in [0.25, 0.3) is 0 Å². The molecule has 0 aromatic heterocycles. The highest BCUT2D eigenvalue weighted by Crippen LogP contribution is 2.12. The first-order chi connectivity index (χ1) is 10.1. The second-order valence-corrected chi connectivity index (χ2v) is 11.9. The summed E-state index contributed by atoms with van der Waals surface area (Å²) >= 11 is 0. The molecule has 0 aromatic rings. The topological polar surface area (TPSA) is 12.4 Å². The molecule has 21 heavy (non-hydrogen) atoms. The van der Waals surface area contributed by atoms with E-state index in [-0.39, 0.29) is 0 Å². The van der Waals surface area contributed by atoms with Gasteiger partial charge in [0.05, 0.1) is 8.07 Å². The monoisotopic (exact) mass is 309 g/mol. The first-order valence-corrected chi connectivity index (χ1v) is 12.5. The third-order valence-corrected chi connectivity index (χ3v) is 6.92. The minimum Gasteiger partial charge on any atom is -0.298 e. The molecule has 0 atom stereocenters. The van der Waals surface area contributed by atoms with Crippen molar-refractivity contribution in [2.45, 2.75) is 96.7 Å². The predicted octanol–water partition coefficient (Wildman–Crippen LogP) is 6.80. The molecular formula is C19H39NSi. The van der Waals surface area contributed by atoms with Crippen LogP contribution in [-0.2, 0) is 0 Å². The van der Waals surface area contributed by atoms with Gasteiger partial charge in [-0.25, -0.2) is 0 Å².